The molecule has 0 saturated heterocycles. The predicted molar refractivity (Wildman–Crippen MR) is 30.0 cm³/mol. The summed E-state index contributed by atoms with van der Waals surface area (Å²) in [6.07, 6.45) is 0. The molecule has 2 unspecified atom stereocenters. The number of methoxy groups -OCH3 is 1. The summed E-state index contributed by atoms with van der Waals surface area (Å²) in [5.74, 6) is -0.650. The summed E-state index contributed by atoms with van der Waals surface area (Å²) in [4.78, 5) is 10.5. The zero-order valence-corrected chi connectivity index (χ0v) is 6.14. The second kappa shape index (κ2) is 2.62. The van der Waals surface area contributed by atoms with E-state index in [1.54, 1.807) is 0 Å². The van der Waals surface area contributed by atoms with Gasteiger partial charge in [-0.25, -0.2) is 0 Å². The average molecular weight is 137 g/mol. The van der Waals surface area contributed by atoms with Gasteiger partial charge in [0.2, 0.25) is 0 Å². The molecule has 0 rings (SSSR count). The summed E-state index contributed by atoms with van der Waals surface area (Å²) in [5, 5.41) is 0. The highest BCUT2D eigenvalue weighted by Crippen LogP contribution is 2.36. The second-order valence-corrected chi connectivity index (χ2v) is 4.29. The van der Waals surface area contributed by atoms with Gasteiger partial charge in [0.25, 0.3) is 0 Å². The molecular weight excluding hydrogens is 127 g/mol. The molecule has 0 spiro atoms. The lowest BCUT2D eigenvalue weighted by Gasteiger charge is -2.23. The van der Waals surface area contributed by atoms with Crippen LogP contribution in [0, 0.1) is 0 Å². The molecule has 0 bridgehead atoms. The Morgan fingerprint density at radius 1 is 1.75 bits per heavy atom. The first-order valence-electron chi connectivity index (χ1n) is 2.29. The van der Waals surface area contributed by atoms with Crippen molar-refractivity contribution in [1.82, 2.24) is 0 Å². The Bertz CT molecular complexity index is 106. The van der Waals surface area contributed by atoms with Crippen molar-refractivity contribution in [3.05, 3.63) is 0 Å². The minimum Gasteiger partial charge on any atom is -0.798 e. The van der Waals surface area contributed by atoms with Crippen molar-refractivity contribution < 1.29 is 14.2 Å². The van der Waals surface area contributed by atoms with Gasteiger partial charge < -0.3 is 14.2 Å². The Morgan fingerprint density at radius 2 is 2.12 bits per heavy atom. The van der Waals surface area contributed by atoms with Crippen molar-refractivity contribution >= 4 is 7.37 Å². The lowest BCUT2D eigenvalue weighted by atomic mass is 10.9. The molecule has 0 aliphatic heterocycles. The summed E-state index contributed by atoms with van der Waals surface area (Å²) < 4.78 is 15.0. The average Bonchev–Trinajstić information content (AvgIpc) is 1.62. The van der Waals surface area contributed by atoms with Gasteiger partial charge in [-0.15, -0.1) is 0 Å². The molecular formula is C4H10O3P-. The van der Waals surface area contributed by atoms with Crippen LogP contribution in [0.3, 0.4) is 0 Å². The standard InChI is InChI=1S/C4H11O3P/c1-4(7-2)8(3,5)6/h4H,1-3H3,(H,5,6)/p-1. The molecule has 0 saturated carbocycles. The molecule has 8 heavy (non-hydrogen) atoms. The number of ether oxygens (including phenoxy) is 1. The third-order valence-electron chi connectivity index (χ3n) is 1.00. The lowest BCUT2D eigenvalue weighted by Crippen LogP contribution is -2.14. The molecule has 0 aromatic carbocycles. The van der Waals surface area contributed by atoms with E-state index in [2.05, 4.69) is 4.74 Å². The summed E-state index contributed by atoms with van der Waals surface area (Å²) in [6.45, 7) is 2.68. The van der Waals surface area contributed by atoms with E-state index in [9.17, 15) is 9.46 Å². The highest BCUT2D eigenvalue weighted by atomic mass is 31.2. The largest absolute Gasteiger partial charge is 0.798 e. The summed E-state index contributed by atoms with van der Waals surface area (Å²) in [6, 6.07) is 0. The quantitative estimate of drug-likeness (QED) is 0.512. The van der Waals surface area contributed by atoms with Crippen LogP contribution in [0.2, 0.25) is 0 Å². The van der Waals surface area contributed by atoms with Gasteiger partial charge in [-0.3, -0.25) is 0 Å². The first-order chi connectivity index (χ1) is 3.48. The van der Waals surface area contributed by atoms with Crippen LogP contribution >= 0.6 is 7.37 Å². The minimum atomic E-state index is -3.23. The van der Waals surface area contributed by atoms with Crippen molar-refractivity contribution in [2.75, 3.05) is 13.8 Å². The molecule has 4 heteroatoms. The van der Waals surface area contributed by atoms with Crippen LogP contribution in [0.1, 0.15) is 6.92 Å². The van der Waals surface area contributed by atoms with Gasteiger partial charge in [0.1, 0.15) is 0 Å². The van der Waals surface area contributed by atoms with Gasteiger partial charge >= 0.3 is 0 Å². The van der Waals surface area contributed by atoms with Gasteiger partial charge in [0, 0.05) is 14.5 Å². The molecule has 3 nitrogen and oxygen atoms in total. The van der Waals surface area contributed by atoms with Crippen molar-refractivity contribution in [1.29, 1.82) is 0 Å². The zero-order valence-electron chi connectivity index (χ0n) is 5.25. The van der Waals surface area contributed by atoms with E-state index in [4.69, 9.17) is 0 Å². The van der Waals surface area contributed by atoms with Crippen LogP contribution in [0.15, 0.2) is 0 Å². The number of rotatable bonds is 2. The van der Waals surface area contributed by atoms with E-state index in [1.807, 2.05) is 0 Å². The Hall–Kier alpha value is 0.150. The van der Waals surface area contributed by atoms with E-state index in [-0.39, 0.29) is 0 Å². The fourth-order valence-electron chi connectivity index (χ4n) is 0.191. The third-order valence-corrected chi connectivity index (χ3v) is 2.53. The van der Waals surface area contributed by atoms with E-state index in [1.165, 1.54) is 20.7 Å². The predicted octanol–water partition coefficient (Wildman–Crippen LogP) is 0.247. The maximum absolute atomic E-state index is 10.5. The van der Waals surface area contributed by atoms with Crippen LogP contribution in [0.4, 0.5) is 0 Å². The molecule has 0 fully saturated rings. The summed E-state index contributed by atoms with van der Waals surface area (Å²) in [5.41, 5.74) is 0. The molecule has 0 aromatic heterocycles. The van der Waals surface area contributed by atoms with Crippen LogP contribution < -0.4 is 4.89 Å². The molecule has 2 atom stereocenters. The Morgan fingerprint density at radius 3 is 2.12 bits per heavy atom. The van der Waals surface area contributed by atoms with Crippen LogP contribution in [0.25, 0.3) is 0 Å². The monoisotopic (exact) mass is 137 g/mol. The van der Waals surface area contributed by atoms with Crippen molar-refractivity contribution in [3.8, 4) is 0 Å². The third kappa shape index (κ3) is 2.46. The highest BCUT2D eigenvalue weighted by molar-refractivity contribution is 7.56. The Kier molecular flexibility index (Phi) is 2.67. The van der Waals surface area contributed by atoms with Gasteiger partial charge in [0.15, 0.2) is 0 Å². The molecule has 0 aliphatic rings. The maximum Gasteiger partial charge on any atom is 0.0942 e. The van der Waals surface area contributed by atoms with Gasteiger partial charge in [-0.2, -0.15) is 0 Å². The second-order valence-electron chi connectivity index (χ2n) is 1.74. The van der Waals surface area contributed by atoms with Crippen LogP contribution in [-0.4, -0.2) is 19.6 Å². The highest BCUT2D eigenvalue weighted by Gasteiger charge is 2.08. The van der Waals surface area contributed by atoms with Gasteiger partial charge in [0.05, 0.1) is 5.85 Å². The number of hydrogen-bond donors (Lipinski definition) is 0. The van der Waals surface area contributed by atoms with E-state index < -0.39 is 13.2 Å². The van der Waals surface area contributed by atoms with Crippen LogP contribution in [0.5, 0.6) is 0 Å². The maximum atomic E-state index is 10.5. The molecule has 0 radical (unpaired) electrons. The molecule has 0 heterocycles. The van der Waals surface area contributed by atoms with Crippen molar-refractivity contribution in [2.45, 2.75) is 12.8 Å². The minimum absolute atomic E-state index is 0.650. The van der Waals surface area contributed by atoms with Crippen molar-refractivity contribution in [2.24, 2.45) is 0 Å². The lowest BCUT2D eigenvalue weighted by molar-refractivity contribution is -0.181. The molecule has 50 valence electrons. The van der Waals surface area contributed by atoms with Crippen LogP contribution in [-0.2, 0) is 9.30 Å². The van der Waals surface area contributed by atoms with Gasteiger partial charge in [-0.05, 0) is 13.6 Å². The fourth-order valence-corrected chi connectivity index (χ4v) is 0.574. The molecule has 0 N–H and O–H groups in total. The molecule has 0 aromatic rings. The topological polar surface area (TPSA) is 49.4 Å². The first-order valence-corrected chi connectivity index (χ1v) is 4.43. The van der Waals surface area contributed by atoms with E-state index in [0.717, 1.165) is 0 Å². The molecule has 0 amide bonds. The van der Waals surface area contributed by atoms with Crippen molar-refractivity contribution in [3.63, 3.8) is 0 Å². The Balaban J connectivity index is 3.82. The normalized spacial score (nSPS) is 22.0. The van der Waals surface area contributed by atoms with E-state index in [0.29, 0.717) is 0 Å². The number of hydrogen-bond acceptors (Lipinski definition) is 3. The van der Waals surface area contributed by atoms with E-state index >= 15 is 0 Å². The summed E-state index contributed by atoms with van der Waals surface area (Å²) >= 11 is 0. The smallest absolute Gasteiger partial charge is 0.0942 e. The summed E-state index contributed by atoms with van der Waals surface area (Å²) in [7, 11) is -1.86. The SMILES string of the molecule is COC(C)P(C)(=O)[O-]. The molecule has 0 aliphatic carbocycles. The van der Waals surface area contributed by atoms with Gasteiger partial charge in [-0.1, -0.05) is 0 Å². The zero-order chi connectivity index (χ0) is 6.78. The first kappa shape index (κ1) is 8.15. The Labute approximate surface area is 49.1 Å². The fraction of sp³-hybridized carbons (Fsp3) is 1.00.